The number of aliphatic hydroxyl groups excluding tert-OH is 1. The molecular weight excluding hydrogens is 256 g/mol. The van der Waals surface area contributed by atoms with Crippen molar-refractivity contribution in [1.82, 2.24) is 4.90 Å². The number of hydrogen-bond acceptors (Lipinski definition) is 4. The summed E-state index contributed by atoms with van der Waals surface area (Å²) in [6.07, 6.45) is 1.41. The van der Waals surface area contributed by atoms with Gasteiger partial charge in [0.2, 0.25) is 5.91 Å². The van der Waals surface area contributed by atoms with Gasteiger partial charge in [-0.2, -0.15) is 0 Å². The highest BCUT2D eigenvalue weighted by Gasteiger charge is 2.27. The van der Waals surface area contributed by atoms with Gasteiger partial charge in [0.05, 0.1) is 12.1 Å². The summed E-state index contributed by atoms with van der Waals surface area (Å²) in [5, 5.41) is 9.91. The first-order valence-corrected chi connectivity index (χ1v) is 6.98. The fraction of sp³-hybridized carbons (Fsp3) is 0.533. The van der Waals surface area contributed by atoms with E-state index < -0.39 is 6.10 Å². The minimum absolute atomic E-state index is 0.139. The molecule has 110 valence electrons. The number of likely N-dealkylation sites (N-methyl/N-ethyl adjacent to an activating group) is 1. The third-order valence-electron chi connectivity index (χ3n) is 3.76. The number of hydrogen-bond donors (Lipinski definition) is 2. The van der Waals surface area contributed by atoms with Gasteiger partial charge in [0.15, 0.2) is 0 Å². The smallest absolute Gasteiger partial charge is 0.222 e. The lowest BCUT2D eigenvalue weighted by atomic mass is 10.1. The van der Waals surface area contributed by atoms with Crippen LogP contribution in [0, 0.1) is 0 Å². The topological polar surface area (TPSA) is 75.8 Å². The number of benzene rings is 1. The van der Waals surface area contributed by atoms with E-state index in [-0.39, 0.29) is 11.9 Å². The highest BCUT2D eigenvalue weighted by atomic mass is 16.5. The van der Waals surface area contributed by atoms with Gasteiger partial charge in [-0.3, -0.25) is 4.79 Å². The SMILES string of the molecule is CN1C(=O)CCC1COc1cccc([C@H](O)CCN)c1. The van der Waals surface area contributed by atoms with Gasteiger partial charge < -0.3 is 20.5 Å². The summed E-state index contributed by atoms with van der Waals surface area (Å²) in [5.41, 5.74) is 6.25. The Labute approximate surface area is 119 Å². The molecule has 0 saturated carbocycles. The average molecular weight is 278 g/mol. The molecule has 2 atom stereocenters. The van der Waals surface area contributed by atoms with Crippen LogP contribution < -0.4 is 10.5 Å². The van der Waals surface area contributed by atoms with Crippen LogP contribution in [0.15, 0.2) is 24.3 Å². The molecule has 1 aliphatic heterocycles. The number of carbonyl (C=O) groups excluding carboxylic acids is 1. The standard InChI is InChI=1S/C15H22N2O3/c1-17-12(5-6-15(17)19)10-20-13-4-2-3-11(9-13)14(18)7-8-16/h2-4,9,12,14,18H,5-8,10,16H2,1H3/t12?,14-/m1/s1. The van der Waals surface area contributed by atoms with Gasteiger partial charge in [0.25, 0.3) is 0 Å². The number of ether oxygens (including phenoxy) is 1. The zero-order chi connectivity index (χ0) is 14.5. The minimum atomic E-state index is -0.556. The summed E-state index contributed by atoms with van der Waals surface area (Å²) < 4.78 is 5.74. The molecule has 0 aromatic heterocycles. The predicted molar refractivity (Wildman–Crippen MR) is 76.4 cm³/mol. The Morgan fingerprint density at radius 2 is 2.35 bits per heavy atom. The quantitative estimate of drug-likeness (QED) is 0.816. The Morgan fingerprint density at radius 3 is 3.00 bits per heavy atom. The molecule has 0 bridgehead atoms. The number of rotatable bonds is 6. The Balaban J connectivity index is 1.93. The van der Waals surface area contributed by atoms with Crippen LogP contribution >= 0.6 is 0 Å². The van der Waals surface area contributed by atoms with Gasteiger partial charge in [-0.15, -0.1) is 0 Å². The number of amides is 1. The summed E-state index contributed by atoms with van der Waals surface area (Å²) >= 11 is 0. The van der Waals surface area contributed by atoms with Crippen molar-refractivity contribution in [2.75, 3.05) is 20.2 Å². The molecule has 5 nitrogen and oxygen atoms in total. The van der Waals surface area contributed by atoms with Crippen molar-refractivity contribution >= 4 is 5.91 Å². The molecule has 1 saturated heterocycles. The van der Waals surface area contributed by atoms with Gasteiger partial charge in [-0.1, -0.05) is 12.1 Å². The zero-order valence-electron chi connectivity index (χ0n) is 11.8. The molecule has 20 heavy (non-hydrogen) atoms. The minimum Gasteiger partial charge on any atom is -0.491 e. The maximum Gasteiger partial charge on any atom is 0.222 e. The Kier molecular flexibility index (Phi) is 4.98. The monoisotopic (exact) mass is 278 g/mol. The van der Waals surface area contributed by atoms with Crippen molar-refractivity contribution < 1.29 is 14.6 Å². The molecule has 1 unspecified atom stereocenters. The van der Waals surface area contributed by atoms with Crippen LogP contribution in [0.3, 0.4) is 0 Å². The molecule has 0 radical (unpaired) electrons. The van der Waals surface area contributed by atoms with Crippen LogP contribution in [-0.2, 0) is 4.79 Å². The summed E-state index contributed by atoms with van der Waals surface area (Å²) in [6.45, 7) is 0.930. The Hall–Kier alpha value is -1.59. The molecule has 1 aliphatic rings. The first-order valence-electron chi connectivity index (χ1n) is 6.98. The van der Waals surface area contributed by atoms with Crippen LogP contribution in [0.2, 0.25) is 0 Å². The van der Waals surface area contributed by atoms with Crippen molar-refractivity contribution in [1.29, 1.82) is 0 Å². The molecule has 1 fully saturated rings. The van der Waals surface area contributed by atoms with Gasteiger partial charge in [-0.05, 0) is 37.1 Å². The average Bonchev–Trinajstić information content (AvgIpc) is 2.77. The van der Waals surface area contributed by atoms with Crippen LogP contribution in [-0.4, -0.2) is 42.2 Å². The van der Waals surface area contributed by atoms with Crippen molar-refractivity contribution in [2.45, 2.75) is 31.4 Å². The van der Waals surface area contributed by atoms with E-state index in [0.29, 0.717) is 31.7 Å². The predicted octanol–water partition coefficient (Wildman–Crippen LogP) is 1.07. The number of nitrogens with zero attached hydrogens (tertiary/aromatic N) is 1. The van der Waals surface area contributed by atoms with Crippen LogP contribution in [0.1, 0.15) is 30.9 Å². The largest absolute Gasteiger partial charge is 0.491 e. The molecule has 2 rings (SSSR count). The van der Waals surface area contributed by atoms with E-state index in [2.05, 4.69) is 0 Å². The molecule has 1 heterocycles. The third kappa shape index (κ3) is 3.49. The summed E-state index contributed by atoms with van der Waals surface area (Å²) in [5.74, 6) is 0.886. The maximum absolute atomic E-state index is 11.4. The lowest BCUT2D eigenvalue weighted by molar-refractivity contribution is -0.127. The highest BCUT2D eigenvalue weighted by molar-refractivity contribution is 5.78. The van der Waals surface area contributed by atoms with Gasteiger partial charge >= 0.3 is 0 Å². The number of carbonyl (C=O) groups is 1. The van der Waals surface area contributed by atoms with E-state index in [1.807, 2.05) is 31.3 Å². The van der Waals surface area contributed by atoms with E-state index in [1.54, 1.807) is 4.90 Å². The van der Waals surface area contributed by atoms with E-state index in [4.69, 9.17) is 10.5 Å². The third-order valence-corrected chi connectivity index (χ3v) is 3.76. The second-order valence-electron chi connectivity index (χ2n) is 5.17. The molecule has 3 N–H and O–H groups in total. The van der Waals surface area contributed by atoms with Crippen LogP contribution in [0.25, 0.3) is 0 Å². The first kappa shape index (κ1) is 14.8. The lowest BCUT2D eigenvalue weighted by Crippen LogP contribution is -2.33. The second kappa shape index (κ2) is 6.72. The highest BCUT2D eigenvalue weighted by Crippen LogP contribution is 2.23. The lowest BCUT2D eigenvalue weighted by Gasteiger charge is -2.20. The second-order valence-corrected chi connectivity index (χ2v) is 5.17. The van der Waals surface area contributed by atoms with Crippen molar-refractivity contribution in [3.63, 3.8) is 0 Å². The summed E-state index contributed by atoms with van der Waals surface area (Å²) in [6, 6.07) is 7.54. The van der Waals surface area contributed by atoms with Crippen molar-refractivity contribution in [2.24, 2.45) is 5.73 Å². The molecule has 1 aromatic carbocycles. The molecule has 0 spiro atoms. The van der Waals surface area contributed by atoms with E-state index in [1.165, 1.54) is 0 Å². The zero-order valence-corrected chi connectivity index (χ0v) is 11.8. The maximum atomic E-state index is 11.4. The van der Waals surface area contributed by atoms with Crippen LogP contribution in [0.5, 0.6) is 5.75 Å². The molecular formula is C15H22N2O3. The number of nitrogens with two attached hydrogens (primary N) is 1. The van der Waals surface area contributed by atoms with E-state index >= 15 is 0 Å². The first-order chi connectivity index (χ1) is 9.61. The molecule has 1 aromatic rings. The Bertz CT molecular complexity index is 464. The number of likely N-dealkylation sites (tertiary alicyclic amines) is 1. The number of aliphatic hydroxyl groups is 1. The van der Waals surface area contributed by atoms with Crippen molar-refractivity contribution in [3.8, 4) is 5.75 Å². The molecule has 0 aliphatic carbocycles. The fourth-order valence-electron chi connectivity index (χ4n) is 2.39. The van der Waals surface area contributed by atoms with Crippen molar-refractivity contribution in [3.05, 3.63) is 29.8 Å². The summed E-state index contributed by atoms with van der Waals surface area (Å²) in [7, 11) is 1.81. The summed E-state index contributed by atoms with van der Waals surface area (Å²) in [4.78, 5) is 13.2. The normalized spacial score (nSPS) is 20.2. The van der Waals surface area contributed by atoms with Gasteiger partial charge in [0.1, 0.15) is 12.4 Å². The van der Waals surface area contributed by atoms with E-state index in [9.17, 15) is 9.90 Å². The molecule has 1 amide bonds. The van der Waals surface area contributed by atoms with Crippen LogP contribution in [0.4, 0.5) is 0 Å². The molecule has 5 heteroatoms. The van der Waals surface area contributed by atoms with Gasteiger partial charge in [0, 0.05) is 13.5 Å². The fourth-order valence-corrected chi connectivity index (χ4v) is 2.39. The Morgan fingerprint density at radius 1 is 1.55 bits per heavy atom. The van der Waals surface area contributed by atoms with Gasteiger partial charge in [-0.25, -0.2) is 0 Å². The van der Waals surface area contributed by atoms with E-state index in [0.717, 1.165) is 12.0 Å².